The summed E-state index contributed by atoms with van der Waals surface area (Å²) >= 11 is 0. The molecule has 1 N–H and O–H groups in total. The number of ether oxygens (including phenoxy) is 1. The number of rotatable bonds is 6. The molecule has 29 heavy (non-hydrogen) atoms. The second-order valence-electron chi connectivity index (χ2n) is 7.50. The van der Waals surface area contributed by atoms with Gasteiger partial charge in [0.25, 0.3) is 0 Å². The number of para-hydroxylation sites is 1. The Morgan fingerprint density at radius 1 is 1.03 bits per heavy atom. The Balaban J connectivity index is 1.42. The molecule has 1 aromatic heterocycles. The minimum absolute atomic E-state index is 0.558. The van der Waals surface area contributed by atoms with Gasteiger partial charge in [0.05, 0.1) is 11.9 Å². The van der Waals surface area contributed by atoms with E-state index < -0.39 is 0 Å². The van der Waals surface area contributed by atoms with E-state index in [0.29, 0.717) is 12.5 Å². The van der Waals surface area contributed by atoms with Crippen molar-refractivity contribution < 1.29 is 4.74 Å². The zero-order valence-corrected chi connectivity index (χ0v) is 16.8. The lowest BCUT2D eigenvalue weighted by Crippen LogP contribution is -2.26. The van der Waals surface area contributed by atoms with Gasteiger partial charge in [0.1, 0.15) is 12.4 Å². The van der Waals surface area contributed by atoms with Crippen molar-refractivity contribution >= 4 is 11.4 Å². The molecule has 1 aliphatic heterocycles. The van der Waals surface area contributed by atoms with Crippen molar-refractivity contribution in [2.75, 3.05) is 13.1 Å². The summed E-state index contributed by atoms with van der Waals surface area (Å²) in [5, 5.41) is 3.42. The number of benzene rings is 2. The van der Waals surface area contributed by atoms with E-state index >= 15 is 0 Å². The molecule has 4 rings (SSSR count). The average molecular weight is 386 g/mol. The normalized spacial score (nSPS) is 15.3. The molecule has 0 atom stereocenters. The van der Waals surface area contributed by atoms with Gasteiger partial charge in [-0.05, 0) is 73.7 Å². The van der Waals surface area contributed by atoms with Crippen molar-refractivity contribution in [2.24, 2.45) is 4.99 Å². The fraction of sp³-hybridized carbons (Fsp3) is 0.280. The molecule has 0 bridgehead atoms. The molecule has 1 fully saturated rings. The first-order valence-electron chi connectivity index (χ1n) is 10.3. The summed E-state index contributed by atoms with van der Waals surface area (Å²) in [6.07, 6.45) is 6.17. The van der Waals surface area contributed by atoms with E-state index in [2.05, 4.69) is 40.6 Å². The highest BCUT2D eigenvalue weighted by molar-refractivity contribution is 6.00. The maximum absolute atomic E-state index is 5.82. The van der Waals surface area contributed by atoms with Crippen LogP contribution in [0.4, 0.5) is 5.69 Å². The maximum atomic E-state index is 5.82. The molecular weight excluding hydrogens is 358 g/mol. The van der Waals surface area contributed by atoms with Crippen LogP contribution < -0.4 is 10.1 Å². The average Bonchev–Trinajstić information content (AvgIpc) is 2.79. The Hall–Kier alpha value is -2.98. The van der Waals surface area contributed by atoms with Crippen LogP contribution in [-0.4, -0.2) is 23.8 Å². The van der Waals surface area contributed by atoms with Gasteiger partial charge in [-0.3, -0.25) is 9.98 Å². The molecule has 4 nitrogen and oxygen atoms in total. The Labute approximate surface area is 172 Å². The summed E-state index contributed by atoms with van der Waals surface area (Å²) in [5.41, 5.74) is 5.47. The molecule has 1 saturated heterocycles. The summed E-state index contributed by atoms with van der Waals surface area (Å²) < 4.78 is 5.82. The van der Waals surface area contributed by atoms with Gasteiger partial charge in [-0.15, -0.1) is 0 Å². The van der Waals surface area contributed by atoms with Gasteiger partial charge in [-0.25, -0.2) is 0 Å². The number of nitrogens with one attached hydrogen (secondary N) is 1. The smallest absolute Gasteiger partial charge is 0.119 e. The summed E-state index contributed by atoms with van der Waals surface area (Å²) in [6.45, 7) is 4.77. The van der Waals surface area contributed by atoms with Gasteiger partial charge in [-0.1, -0.05) is 42.5 Å². The third kappa shape index (κ3) is 5.30. The van der Waals surface area contributed by atoms with Gasteiger partial charge in [0.2, 0.25) is 0 Å². The van der Waals surface area contributed by atoms with Crippen LogP contribution in [0.15, 0.2) is 78.0 Å². The molecular formula is C25H27N3O. The van der Waals surface area contributed by atoms with Crippen molar-refractivity contribution in [3.8, 4) is 5.75 Å². The van der Waals surface area contributed by atoms with Crippen molar-refractivity contribution in [1.29, 1.82) is 0 Å². The number of nitrogens with zero attached hydrogens (tertiary/aromatic N) is 2. The second kappa shape index (κ2) is 9.48. The fourth-order valence-corrected chi connectivity index (χ4v) is 3.67. The lowest BCUT2D eigenvalue weighted by atomic mass is 9.91. The molecule has 3 aromatic rings. The third-order valence-corrected chi connectivity index (χ3v) is 5.37. The molecule has 0 spiro atoms. The first-order valence-corrected chi connectivity index (χ1v) is 10.3. The maximum Gasteiger partial charge on any atom is 0.119 e. The topological polar surface area (TPSA) is 46.5 Å². The predicted octanol–water partition coefficient (Wildman–Crippen LogP) is 5.27. The van der Waals surface area contributed by atoms with E-state index in [1.165, 1.54) is 18.4 Å². The van der Waals surface area contributed by atoms with Gasteiger partial charge < -0.3 is 10.1 Å². The Morgan fingerprint density at radius 3 is 2.55 bits per heavy atom. The zero-order valence-electron chi connectivity index (χ0n) is 16.8. The van der Waals surface area contributed by atoms with Crippen LogP contribution in [0.3, 0.4) is 0 Å². The van der Waals surface area contributed by atoms with E-state index in [1.54, 1.807) is 0 Å². The van der Waals surface area contributed by atoms with Crippen LogP contribution >= 0.6 is 0 Å². The zero-order chi connectivity index (χ0) is 19.9. The van der Waals surface area contributed by atoms with Crippen LogP contribution in [0.5, 0.6) is 5.75 Å². The highest BCUT2D eigenvalue weighted by Gasteiger charge is 2.15. The van der Waals surface area contributed by atoms with Gasteiger partial charge in [0.15, 0.2) is 0 Å². The molecule has 1 aliphatic rings. The SMILES string of the molecule is CC(=Nc1cncc(C2CCNCC2)c1)c1ccc(COc2ccccc2)cc1. The molecule has 2 aromatic carbocycles. The van der Waals surface area contributed by atoms with Crippen LogP contribution in [0.25, 0.3) is 0 Å². The van der Waals surface area contributed by atoms with E-state index in [9.17, 15) is 0 Å². The summed E-state index contributed by atoms with van der Waals surface area (Å²) in [4.78, 5) is 9.25. The van der Waals surface area contributed by atoms with Crippen molar-refractivity contribution in [1.82, 2.24) is 10.3 Å². The quantitative estimate of drug-likeness (QED) is 0.588. The van der Waals surface area contributed by atoms with E-state index in [-0.39, 0.29) is 0 Å². The van der Waals surface area contributed by atoms with Gasteiger partial charge in [-0.2, -0.15) is 0 Å². The number of pyridine rings is 1. The first kappa shape index (κ1) is 19.3. The molecule has 0 amide bonds. The Bertz CT molecular complexity index is 945. The van der Waals surface area contributed by atoms with Crippen LogP contribution in [-0.2, 0) is 6.61 Å². The fourth-order valence-electron chi connectivity index (χ4n) is 3.67. The first-order chi connectivity index (χ1) is 14.3. The van der Waals surface area contributed by atoms with Crippen LogP contribution in [0.1, 0.15) is 42.4 Å². The summed E-state index contributed by atoms with van der Waals surface area (Å²) in [7, 11) is 0. The van der Waals surface area contributed by atoms with Crippen molar-refractivity contribution in [3.05, 3.63) is 89.7 Å². The number of hydrogen-bond acceptors (Lipinski definition) is 4. The lowest BCUT2D eigenvalue weighted by Gasteiger charge is -2.22. The van der Waals surface area contributed by atoms with Crippen molar-refractivity contribution in [2.45, 2.75) is 32.3 Å². The predicted molar refractivity (Wildman–Crippen MR) is 118 cm³/mol. The Kier molecular flexibility index (Phi) is 6.32. The number of hydrogen-bond donors (Lipinski definition) is 1. The third-order valence-electron chi connectivity index (χ3n) is 5.37. The Morgan fingerprint density at radius 2 is 1.79 bits per heavy atom. The number of piperidine rings is 1. The molecule has 0 radical (unpaired) electrons. The van der Waals surface area contributed by atoms with Crippen LogP contribution in [0.2, 0.25) is 0 Å². The van der Waals surface area contributed by atoms with Crippen molar-refractivity contribution in [3.63, 3.8) is 0 Å². The van der Waals surface area contributed by atoms with E-state index in [0.717, 1.165) is 41.4 Å². The minimum Gasteiger partial charge on any atom is -0.489 e. The largest absolute Gasteiger partial charge is 0.489 e. The highest BCUT2D eigenvalue weighted by atomic mass is 16.5. The molecule has 4 heteroatoms. The number of aromatic nitrogens is 1. The van der Waals surface area contributed by atoms with Gasteiger partial charge >= 0.3 is 0 Å². The lowest BCUT2D eigenvalue weighted by molar-refractivity contribution is 0.306. The monoisotopic (exact) mass is 385 g/mol. The minimum atomic E-state index is 0.558. The summed E-state index contributed by atoms with van der Waals surface area (Å²) in [6, 6.07) is 20.5. The van der Waals surface area contributed by atoms with E-state index in [4.69, 9.17) is 9.73 Å². The molecule has 148 valence electrons. The second-order valence-corrected chi connectivity index (χ2v) is 7.50. The summed E-state index contributed by atoms with van der Waals surface area (Å²) in [5.74, 6) is 1.47. The highest BCUT2D eigenvalue weighted by Crippen LogP contribution is 2.27. The molecule has 0 unspecified atom stereocenters. The molecule has 2 heterocycles. The number of aliphatic imine (C=N–C) groups is 1. The standard InChI is InChI=1S/C25H27N3O/c1-19(28-24-15-23(16-27-17-24)22-11-13-26-14-12-22)21-9-7-20(8-10-21)18-29-25-5-3-2-4-6-25/h2-10,15-17,22,26H,11-14,18H2,1H3. The molecule has 0 saturated carbocycles. The molecule has 0 aliphatic carbocycles. The van der Waals surface area contributed by atoms with Crippen LogP contribution in [0, 0.1) is 0 Å². The van der Waals surface area contributed by atoms with E-state index in [1.807, 2.05) is 49.6 Å². The van der Waals surface area contributed by atoms with Gasteiger partial charge in [0, 0.05) is 11.9 Å².